The highest BCUT2D eigenvalue weighted by Crippen LogP contribution is 2.16. The van der Waals surface area contributed by atoms with E-state index >= 15 is 0 Å². The summed E-state index contributed by atoms with van der Waals surface area (Å²) in [5, 5.41) is 7.90. The van der Waals surface area contributed by atoms with Crippen molar-refractivity contribution >= 4 is 23.4 Å². The van der Waals surface area contributed by atoms with Gasteiger partial charge in [-0.1, -0.05) is 13.8 Å². The average molecular weight is 430 g/mol. The van der Waals surface area contributed by atoms with Gasteiger partial charge >= 0.3 is 11.7 Å². The van der Waals surface area contributed by atoms with Crippen LogP contribution >= 0.6 is 0 Å². The lowest BCUT2D eigenvalue weighted by Crippen LogP contribution is -2.43. The van der Waals surface area contributed by atoms with Crippen molar-refractivity contribution < 1.29 is 14.3 Å². The number of rotatable bonds is 7. The molecule has 0 unspecified atom stereocenters. The molecule has 0 amide bonds. The molecule has 1 aliphatic rings. The molecule has 2 aromatic heterocycles. The Morgan fingerprint density at radius 2 is 1.84 bits per heavy atom. The topological polar surface area (TPSA) is 142 Å². The molecule has 0 radical (unpaired) electrons. The van der Waals surface area contributed by atoms with Gasteiger partial charge in [0.2, 0.25) is 5.78 Å². The predicted octanol–water partition coefficient (Wildman–Crippen LogP) is 0.215. The molecule has 3 heterocycles. The second-order valence-corrected chi connectivity index (χ2v) is 7.88. The van der Waals surface area contributed by atoms with Crippen LogP contribution in [-0.4, -0.2) is 50.8 Å². The Balaban J connectivity index is 1.74. The average Bonchev–Trinajstić information content (AvgIpc) is 3.28. The smallest absolute Gasteiger partial charge is 0.359 e. The highest BCUT2D eigenvalue weighted by atomic mass is 16.5. The fourth-order valence-corrected chi connectivity index (χ4v) is 3.41. The molecule has 1 fully saturated rings. The zero-order valence-electron chi connectivity index (χ0n) is 17.8. The maximum Gasteiger partial charge on any atom is 0.359 e. The van der Waals surface area contributed by atoms with Gasteiger partial charge in [-0.15, -0.1) is 10.2 Å². The predicted molar refractivity (Wildman–Crippen MR) is 113 cm³/mol. The number of nitrogens with two attached hydrogens (primary N) is 1. The van der Waals surface area contributed by atoms with E-state index in [1.54, 1.807) is 6.07 Å². The SMILES string of the molecule is CC(C)Cn1c(N)c(C(=O)COC(=O)c2ccc(N3CCCC3)nn2)c(=O)n(C)c1=O. The highest BCUT2D eigenvalue weighted by molar-refractivity contribution is 6.02. The maximum absolute atomic E-state index is 12.6. The first kappa shape index (κ1) is 22.2. The third-order valence-electron chi connectivity index (χ3n) is 5.03. The fourth-order valence-electron chi connectivity index (χ4n) is 3.41. The summed E-state index contributed by atoms with van der Waals surface area (Å²) < 4.78 is 7.00. The van der Waals surface area contributed by atoms with Crippen molar-refractivity contribution in [1.82, 2.24) is 19.3 Å². The van der Waals surface area contributed by atoms with E-state index in [1.807, 2.05) is 13.8 Å². The number of ketones is 1. The monoisotopic (exact) mass is 430 g/mol. The van der Waals surface area contributed by atoms with Crippen molar-refractivity contribution in [3.05, 3.63) is 44.2 Å². The lowest BCUT2D eigenvalue weighted by Gasteiger charge is -2.16. The van der Waals surface area contributed by atoms with Gasteiger partial charge in [0.25, 0.3) is 5.56 Å². The molecular weight excluding hydrogens is 404 g/mol. The number of hydrogen-bond acceptors (Lipinski definition) is 9. The maximum atomic E-state index is 12.6. The van der Waals surface area contributed by atoms with Gasteiger partial charge in [-0.2, -0.15) is 0 Å². The number of aromatic nitrogens is 4. The lowest BCUT2D eigenvalue weighted by molar-refractivity contribution is 0.0467. The molecule has 1 aliphatic heterocycles. The Kier molecular flexibility index (Phi) is 6.52. The molecule has 0 atom stereocenters. The van der Waals surface area contributed by atoms with Crippen LogP contribution < -0.4 is 21.9 Å². The molecule has 2 aromatic rings. The number of nitrogens with zero attached hydrogens (tertiary/aromatic N) is 5. The summed E-state index contributed by atoms with van der Waals surface area (Å²) in [5.74, 6) is -1.16. The van der Waals surface area contributed by atoms with E-state index in [-0.39, 0.29) is 29.5 Å². The van der Waals surface area contributed by atoms with E-state index in [0.717, 1.165) is 30.5 Å². The zero-order valence-corrected chi connectivity index (χ0v) is 17.8. The van der Waals surface area contributed by atoms with E-state index in [4.69, 9.17) is 10.5 Å². The number of Topliss-reactive ketones (excluding diaryl/α,β-unsaturated/α-hetero) is 1. The Labute approximate surface area is 178 Å². The van der Waals surface area contributed by atoms with Crippen LogP contribution in [0.1, 0.15) is 47.5 Å². The first-order chi connectivity index (χ1) is 14.7. The summed E-state index contributed by atoms with van der Waals surface area (Å²) in [7, 11) is 1.27. The van der Waals surface area contributed by atoms with Gasteiger partial charge in [0, 0.05) is 26.7 Å². The Bertz CT molecular complexity index is 1100. The summed E-state index contributed by atoms with van der Waals surface area (Å²) in [6.07, 6.45) is 2.17. The van der Waals surface area contributed by atoms with Gasteiger partial charge in [-0.05, 0) is 30.9 Å². The van der Waals surface area contributed by atoms with Crippen LogP contribution in [0, 0.1) is 5.92 Å². The molecule has 11 nitrogen and oxygen atoms in total. The van der Waals surface area contributed by atoms with Gasteiger partial charge < -0.3 is 15.4 Å². The molecular formula is C20H26N6O5. The first-order valence-electron chi connectivity index (χ1n) is 10.1. The first-order valence-corrected chi connectivity index (χ1v) is 10.1. The third kappa shape index (κ3) is 4.65. The highest BCUT2D eigenvalue weighted by Gasteiger charge is 2.24. The molecule has 31 heavy (non-hydrogen) atoms. The van der Waals surface area contributed by atoms with Crippen LogP contribution in [0.2, 0.25) is 0 Å². The fraction of sp³-hybridized carbons (Fsp3) is 0.500. The molecule has 166 valence electrons. The van der Waals surface area contributed by atoms with Crippen molar-refractivity contribution in [2.75, 3.05) is 30.3 Å². The number of carbonyl (C=O) groups excluding carboxylic acids is 2. The Morgan fingerprint density at radius 3 is 2.42 bits per heavy atom. The number of ether oxygens (including phenoxy) is 1. The summed E-state index contributed by atoms with van der Waals surface area (Å²) in [6, 6.07) is 3.15. The minimum absolute atomic E-state index is 0.0543. The van der Waals surface area contributed by atoms with Crippen molar-refractivity contribution in [2.45, 2.75) is 33.2 Å². The lowest BCUT2D eigenvalue weighted by atomic mass is 10.1. The van der Waals surface area contributed by atoms with Crippen LogP contribution in [0.25, 0.3) is 0 Å². The van der Waals surface area contributed by atoms with Crippen molar-refractivity contribution in [3.8, 4) is 0 Å². The second kappa shape index (κ2) is 9.11. The molecule has 3 rings (SSSR count). The quantitative estimate of drug-likeness (QED) is 0.482. The number of hydrogen-bond donors (Lipinski definition) is 1. The molecule has 11 heteroatoms. The van der Waals surface area contributed by atoms with Gasteiger partial charge in [0.1, 0.15) is 11.4 Å². The van der Waals surface area contributed by atoms with Crippen LogP contribution in [-0.2, 0) is 18.3 Å². The van der Waals surface area contributed by atoms with Gasteiger partial charge in [0.15, 0.2) is 18.1 Å². The molecule has 0 saturated carbocycles. The summed E-state index contributed by atoms with van der Waals surface area (Å²) in [4.78, 5) is 51.7. The van der Waals surface area contributed by atoms with E-state index in [0.29, 0.717) is 5.82 Å². The summed E-state index contributed by atoms with van der Waals surface area (Å²) in [5.41, 5.74) is 4.07. The second-order valence-electron chi connectivity index (χ2n) is 7.88. The van der Waals surface area contributed by atoms with Gasteiger partial charge in [-0.25, -0.2) is 9.59 Å². The van der Waals surface area contributed by atoms with Crippen LogP contribution in [0.3, 0.4) is 0 Å². The molecule has 2 N–H and O–H groups in total. The third-order valence-corrected chi connectivity index (χ3v) is 5.03. The van der Waals surface area contributed by atoms with Crippen molar-refractivity contribution in [2.24, 2.45) is 13.0 Å². The number of esters is 1. The molecule has 0 bridgehead atoms. The normalized spacial score (nSPS) is 13.6. The summed E-state index contributed by atoms with van der Waals surface area (Å²) in [6.45, 7) is 5.04. The minimum atomic E-state index is -0.847. The van der Waals surface area contributed by atoms with E-state index in [1.165, 1.54) is 17.7 Å². The zero-order chi connectivity index (χ0) is 22.7. The van der Waals surface area contributed by atoms with Gasteiger partial charge in [-0.3, -0.25) is 18.7 Å². The minimum Gasteiger partial charge on any atom is -0.453 e. The van der Waals surface area contributed by atoms with Crippen molar-refractivity contribution in [3.63, 3.8) is 0 Å². The van der Waals surface area contributed by atoms with Crippen molar-refractivity contribution in [1.29, 1.82) is 0 Å². The van der Waals surface area contributed by atoms with E-state index in [2.05, 4.69) is 15.1 Å². The van der Waals surface area contributed by atoms with Crippen LogP contribution in [0.15, 0.2) is 21.7 Å². The van der Waals surface area contributed by atoms with Gasteiger partial charge in [0.05, 0.1) is 0 Å². The Morgan fingerprint density at radius 1 is 1.16 bits per heavy atom. The standard InChI is InChI=1S/C20H26N6O5/c1-12(2)10-26-17(21)16(18(28)24(3)20(26)30)14(27)11-31-19(29)13-6-7-15(23-22-13)25-8-4-5-9-25/h6-7,12H,4-5,8-11,21H2,1-3H3. The van der Waals surface area contributed by atoms with Crippen LogP contribution in [0.5, 0.6) is 0 Å². The molecule has 1 saturated heterocycles. The number of carbonyl (C=O) groups is 2. The summed E-state index contributed by atoms with van der Waals surface area (Å²) >= 11 is 0. The van der Waals surface area contributed by atoms with E-state index < -0.39 is 29.6 Å². The molecule has 0 spiro atoms. The largest absolute Gasteiger partial charge is 0.453 e. The molecule has 0 aromatic carbocycles. The molecule has 0 aliphatic carbocycles. The van der Waals surface area contributed by atoms with Crippen LogP contribution in [0.4, 0.5) is 11.6 Å². The number of anilines is 2. The van der Waals surface area contributed by atoms with E-state index in [9.17, 15) is 19.2 Å². The number of nitrogen functional groups attached to an aromatic ring is 1. The Hall–Kier alpha value is -3.50.